The predicted molar refractivity (Wildman–Crippen MR) is 82.5 cm³/mol. The third kappa shape index (κ3) is 5.06. The van der Waals surface area contributed by atoms with Gasteiger partial charge in [0.15, 0.2) is 0 Å². The Labute approximate surface area is 123 Å². The Balaban J connectivity index is 1.72. The van der Waals surface area contributed by atoms with E-state index in [0.717, 1.165) is 25.9 Å². The highest BCUT2D eigenvalue weighted by Gasteiger charge is 2.26. The number of nitrogens with two attached hydrogens (primary N) is 1. The molecule has 1 unspecified atom stereocenters. The fourth-order valence-corrected chi connectivity index (χ4v) is 3.67. The van der Waals surface area contributed by atoms with Gasteiger partial charge in [-0.3, -0.25) is 9.69 Å². The molecule has 0 aromatic carbocycles. The SMILES string of the molecule is NCCCC1CCCN1CC(=O)NC1CCCCCC1. The molecule has 1 atom stereocenters. The molecule has 20 heavy (non-hydrogen) atoms. The Morgan fingerprint density at radius 1 is 1.10 bits per heavy atom. The summed E-state index contributed by atoms with van der Waals surface area (Å²) in [7, 11) is 0. The van der Waals surface area contributed by atoms with Crippen LogP contribution in [0.2, 0.25) is 0 Å². The highest BCUT2D eigenvalue weighted by atomic mass is 16.2. The third-order valence-corrected chi connectivity index (χ3v) is 4.81. The quantitative estimate of drug-likeness (QED) is 0.732. The maximum atomic E-state index is 12.2. The van der Waals surface area contributed by atoms with E-state index in [2.05, 4.69) is 10.2 Å². The number of hydrogen-bond acceptors (Lipinski definition) is 3. The van der Waals surface area contributed by atoms with Crippen molar-refractivity contribution in [3.05, 3.63) is 0 Å². The minimum absolute atomic E-state index is 0.233. The monoisotopic (exact) mass is 281 g/mol. The van der Waals surface area contributed by atoms with Crippen molar-refractivity contribution in [2.24, 2.45) is 5.73 Å². The molecule has 4 nitrogen and oxygen atoms in total. The van der Waals surface area contributed by atoms with E-state index in [1.165, 1.54) is 51.4 Å². The van der Waals surface area contributed by atoms with E-state index >= 15 is 0 Å². The van der Waals surface area contributed by atoms with Gasteiger partial charge in [-0.15, -0.1) is 0 Å². The maximum Gasteiger partial charge on any atom is 0.234 e. The van der Waals surface area contributed by atoms with E-state index in [1.54, 1.807) is 0 Å². The minimum Gasteiger partial charge on any atom is -0.352 e. The maximum absolute atomic E-state index is 12.2. The topological polar surface area (TPSA) is 58.4 Å². The van der Waals surface area contributed by atoms with Gasteiger partial charge in [0, 0.05) is 12.1 Å². The van der Waals surface area contributed by atoms with Gasteiger partial charge in [-0.05, 0) is 51.6 Å². The molecule has 0 spiro atoms. The first-order valence-electron chi connectivity index (χ1n) is 8.53. The van der Waals surface area contributed by atoms with E-state index < -0.39 is 0 Å². The van der Waals surface area contributed by atoms with Crippen LogP contribution in [-0.2, 0) is 4.79 Å². The predicted octanol–water partition coefficient (Wildman–Crippen LogP) is 2.03. The second-order valence-corrected chi connectivity index (χ2v) is 6.45. The summed E-state index contributed by atoms with van der Waals surface area (Å²) in [4.78, 5) is 14.6. The van der Waals surface area contributed by atoms with Crippen molar-refractivity contribution in [1.29, 1.82) is 0 Å². The van der Waals surface area contributed by atoms with Crippen LogP contribution in [-0.4, -0.2) is 42.5 Å². The molecule has 0 bridgehead atoms. The summed E-state index contributed by atoms with van der Waals surface area (Å²) >= 11 is 0. The lowest BCUT2D eigenvalue weighted by Crippen LogP contribution is -2.43. The lowest BCUT2D eigenvalue weighted by Gasteiger charge is -2.25. The lowest BCUT2D eigenvalue weighted by molar-refractivity contribution is -0.123. The Bertz CT molecular complexity index is 287. The first kappa shape index (κ1) is 15.8. The van der Waals surface area contributed by atoms with E-state index in [9.17, 15) is 4.79 Å². The van der Waals surface area contributed by atoms with Gasteiger partial charge in [0.2, 0.25) is 5.91 Å². The van der Waals surface area contributed by atoms with Crippen molar-refractivity contribution in [2.45, 2.75) is 76.3 Å². The van der Waals surface area contributed by atoms with Crippen LogP contribution in [0.4, 0.5) is 0 Å². The zero-order valence-electron chi connectivity index (χ0n) is 12.8. The summed E-state index contributed by atoms with van der Waals surface area (Å²) < 4.78 is 0. The van der Waals surface area contributed by atoms with Gasteiger partial charge in [-0.2, -0.15) is 0 Å². The molecule has 1 heterocycles. The summed E-state index contributed by atoms with van der Waals surface area (Å²) in [5, 5.41) is 3.26. The van der Waals surface area contributed by atoms with Crippen molar-refractivity contribution in [2.75, 3.05) is 19.6 Å². The molecular weight excluding hydrogens is 250 g/mol. The molecule has 1 aliphatic heterocycles. The molecule has 1 saturated carbocycles. The van der Waals surface area contributed by atoms with Gasteiger partial charge < -0.3 is 11.1 Å². The average Bonchev–Trinajstić information content (AvgIpc) is 2.70. The van der Waals surface area contributed by atoms with Gasteiger partial charge in [-0.25, -0.2) is 0 Å². The van der Waals surface area contributed by atoms with Crippen molar-refractivity contribution in [1.82, 2.24) is 10.2 Å². The Morgan fingerprint density at radius 2 is 1.85 bits per heavy atom. The normalized spacial score (nSPS) is 25.6. The number of carbonyl (C=O) groups excluding carboxylic acids is 1. The minimum atomic E-state index is 0.233. The molecule has 116 valence electrons. The zero-order chi connectivity index (χ0) is 14.2. The van der Waals surface area contributed by atoms with Gasteiger partial charge in [0.1, 0.15) is 0 Å². The van der Waals surface area contributed by atoms with Gasteiger partial charge in [0.05, 0.1) is 6.54 Å². The molecule has 3 N–H and O–H groups in total. The summed E-state index contributed by atoms with van der Waals surface area (Å²) in [6.45, 7) is 2.43. The number of amides is 1. The Morgan fingerprint density at radius 3 is 2.55 bits per heavy atom. The fourth-order valence-electron chi connectivity index (χ4n) is 3.67. The number of likely N-dealkylation sites (tertiary alicyclic amines) is 1. The number of rotatable bonds is 6. The molecule has 1 aliphatic carbocycles. The molecule has 2 fully saturated rings. The number of nitrogens with one attached hydrogen (secondary N) is 1. The van der Waals surface area contributed by atoms with E-state index in [-0.39, 0.29) is 5.91 Å². The first-order valence-corrected chi connectivity index (χ1v) is 8.53. The Hall–Kier alpha value is -0.610. The molecule has 0 radical (unpaired) electrons. The standard InChI is InChI=1S/C16H31N3O/c17-11-5-9-15-10-6-12-19(15)13-16(20)18-14-7-3-1-2-4-8-14/h14-15H,1-13,17H2,(H,18,20). The van der Waals surface area contributed by atoms with Crippen LogP contribution in [0.5, 0.6) is 0 Å². The molecule has 2 rings (SSSR count). The van der Waals surface area contributed by atoms with Crippen molar-refractivity contribution >= 4 is 5.91 Å². The molecule has 0 aromatic rings. The molecular formula is C16H31N3O. The number of carbonyl (C=O) groups is 1. The summed E-state index contributed by atoms with van der Waals surface area (Å²) in [5.74, 6) is 0.233. The van der Waals surface area contributed by atoms with Gasteiger partial charge in [0.25, 0.3) is 0 Å². The van der Waals surface area contributed by atoms with Crippen molar-refractivity contribution in [3.63, 3.8) is 0 Å². The Kier molecular flexibility index (Phi) is 6.80. The summed E-state index contributed by atoms with van der Waals surface area (Å²) in [6.07, 6.45) is 12.2. The lowest BCUT2D eigenvalue weighted by atomic mass is 10.1. The van der Waals surface area contributed by atoms with Crippen LogP contribution in [0, 0.1) is 0 Å². The zero-order valence-corrected chi connectivity index (χ0v) is 12.8. The molecule has 0 aromatic heterocycles. The highest BCUT2D eigenvalue weighted by Crippen LogP contribution is 2.21. The van der Waals surface area contributed by atoms with Crippen LogP contribution in [0.15, 0.2) is 0 Å². The smallest absolute Gasteiger partial charge is 0.234 e. The van der Waals surface area contributed by atoms with E-state index in [4.69, 9.17) is 5.73 Å². The first-order chi connectivity index (χ1) is 9.79. The molecule has 1 amide bonds. The van der Waals surface area contributed by atoms with Crippen molar-refractivity contribution < 1.29 is 4.79 Å². The third-order valence-electron chi connectivity index (χ3n) is 4.81. The highest BCUT2D eigenvalue weighted by molar-refractivity contribution is 5.78. The molecule has 4 heteroatoms. The van der Waals surface area contributed by atoms with E-state index in [0.29, 0.717) is 18.6 Å². The van der Waals surface area contributed by atoms with Gasteiger partial charge >= 0.3 is 0 Å². The second-order valence-electron chi connectivity index (χ2n) is 6.45. The molecule has 1 saturated heterocycles. The van der Waals surface area contributed by atoms with Crippen LogP contribution in [0.3, 0.4) is 0 Å². The van der Waals surface area contributed by atoms with E-state index in [1.807, 2.05) is 0 Å². The van der Waals surface area contributed by atoms with Crippen LogP contribution in [0.1, 0.15) is 64.2 Å². The van der Waals surface area contributed by atoms with Crippen molar-refractivity contribution in [3.8, 4) is 0 Å². The van der Waals surface area contributed by atoms with Crippen LogP contribution < -0.4 is 11.1 Å². The summed E-state index contributed by atoms with van der Waals surface area (Å²) in [5.41, 5.74) is 5.59. The summed E-state index contributed by atoms with van der Waals surface area (Å²) in [6, 6.07) is 1.01. The molecule has 2 aliphatic rings. The second kappa shape index (κ2) is 8.63. The fraction of sp³-hybridized carbons (Fsp3) is 0.938. The largest absolute Gasteiger partial charge is 0.352 e. The average molecular weight is 281 g/mol. The number of hydrogen-bond donors (Lipinski definition) is 2. The van der Waals surface area contributed by atoms with Crippen LogP contribution in [0.25, 0.3) is 0 Å². The van der Waals surface area contributed by atoms with Gasteiger partial charge in [-0.1, -0.05) is 25.7 Å². The number of nitrogens with zero attached hydrogens (tertiary/aromatic N) is 1. The van der Waals surface area contributed by atoms with Crippen LogP contribution >= 0.6 is 0 Å².